The molecule has 1 heterocycles. The molecule has 0 saturated carbocycles. The van der Waals surface area contributed by atoms with E-state index in [9.17, 15) is 14.4 Å². The molecule has 7 nitrogen and oxygen atoms in total. The first-order chi connectivity index (χ1) is 14.3. The standard InChI is InChI=1S/C23H25NO6/c1-15-12-24(13-16(2)29-15)22(26)14-28-23(27)20-6-4-18(5-7-20)19-8-10-21(11-9-19)30-17(3)25/h4-11,15-16H,12-14H2,1-3H3/t15-,16+. The van der Waals surface area contributed by atoms with Crippen LogP contribution >= 0.6 is 0 Å². The molecule has 3 rings (SSSR count). The Labute approximate surface area is 175 Å². The fourth-order valence-corrected chi connectivity index (χ4v) is 3.36. The average molecular weight is 411 g/mol. The van der Waals surface area contributed by atoms with Crippen LogP contribution in [0, 0.1) is 0 Å². The molecule has 30 heavy (non-hydrogen) atoms. The highest BCUT2D eigenvalue weighted by Gasteiger charge is 2.26. The van der Waals surface area contributed by atoms with E-state index >= 15 is 0 Å². The molecule has 0 spiro atoms. The zero-order valence-electron chi connectivity index (χ0n) is 17.3. The number of morpholine rings is 1. The van der Waals surface area contributed by atoms with Gasteiger partial charge in [0.1, 0.15) is 5.75 Å². The van der Waals surface area contributed by atoms with E-state index in [1.807, 2.05) is 26.0 Å². The lowest BCUT2D eigenvalue weighted by Crippen LogP contribution is -2.49. The van der Waals surface area contributed by atoms with E-state index in [-0.39, 0.29) is 30.7 Å². The Hall–Kier alpha value is -3.19. The molecule has 0 N–H and O–H groups in total. The van der Waals surface area contributed by atoms with Crippen LogP contribution in [0.3, 0.4) is 0 Å². The number of nitrogens with zero attached hydrogens (tertiary/aromatic N) is 1. The molecule has 1 saturated heterocycles. The van der Waals surface area contributed by atoms with Gasteiger partial charge in [0.05, 0.1) is 17.8 Å². The number of amides is 1. The van der Waals surface area contributed by atoms with E-state index in [4.69, 9.17) is 14.2 Å². The van der Waals surface area contributed by atoms with Gasteiger partial charge >= 0.3 is 11.9 Å². The van der Waals surface area contributed by atoms with Crippen molar-refractivity contribution in [1.29, 1.82) is 0 Å². The number of esters is 2. The largest absolute Gasteiger partial charge is 0.452 e. The smallest absolute Gasteiger partial charge is 0.338 e. The van der Waals surface area contributed by atoms with Crippen molar-refractivity contribution in [2.45, 2.75) is 33.0 Å². The zero-order chi connectivity index (χ0) is 21.7. The molecule has 0 bridgehead atoms. The molecule has 0 aliphatic carbocycles. The van der Waals surface area contributed by atoms with E-state index in [0.29, 0.717) is 24.4 Å². The van der Waals surface area contributed by atoms with Crippen molar-refractivity contribution >= 4 is 17.8 Å². The highest BCUT2D eigenvalue weighted by atomic mass is 16.5. The normalized spacial score (nSPS) is 18.6. The quantitative estimate of drug-likeness (QED) is 0.556. The summed E-state index contributed by atoms with van der Waals surface area (Å²) in [6.45, 7) is 5.86. The Morgan fingerprint density at radius 1 is 0.933 bits per heavy atom. The van der Waals surface area contributed by atoms with Crippen molar-refractivity contribution in [3.63, 3.8) is 0 Å². The second-order valence-corrected chi connectivity index (χ2v) is 7.33. The number of rotatable bonds is 5. The Kier molecular flexibility index (Phi) is 6.84. The van der Waals surface area contributed by atoms with Gasteiger partial charge in [-0.15, -0.1) is 0 Å². The maximum absolute atomic E-state index is 12.3. The van der Waals surface area contributed by atoms with Gasteiger partial charge in [0.2, 0.25) is 0 Å². The van der Waals surface area contributed by atoms with Gasteiger partial charge in [-0.1, -0.05) is 24.3 Å². The van der Waals surface area contributed by atoms with Crippen molar-refractivity contribution in [2.24, 2.45) is 0 Å². The molecule has 0 aromatic heterocycles. The second kappa shape index (κ2) is 9.54. The monoisotopic (exact) mass is 411 g/mol. The summed E-state index contributed by atoms with van der Waals surface area (Å²) < 4.78 is 15.8. The predicted octanol–water partition coefficient (Wildman–Crippen LogP) is 3.07. The van der Waals surface area contributed by atoms with Crippen molar-refractivity contribution in [3.8, 4) is 16.9 Å². The topological polar surface area (TPSA) is 82.1 Å². The maximum Gasteiger partial charge on any atom is 0.338 e. The molecule has 1 aliphatic heterocycles. The van der Waals surface area contributed by atoms with Gasteiger partial charge < -0.3 is 19.1 Å². The van der Waals surface area contributed by atoms with E-state index in [1.54, 1.807) is 41.3 Å². The number of hydrogen-bond donors (Lipinski definition) is 0. The van der Waals surface area contributed by atoms with E-state index in [2.05, 4.69) is 0 Å². The minimum Gasteiger partial charge on any atom is -0.452 e. The highest BCUT2D eigenvalue weighted by Crippen LogP contribution is 2.23. The molecular weight excluding hydrogens is 386 g/mol. The summed E-state index contributed by atoms with van der Waals surface area (Å²) in [4.78, 5) is 37.3. The Balaban J connectivity index is 1.56. The van der Waals surface area contributed by atoms with Crippen LogP contribution in [0.15, 0.2) is 48.5 Å². The fourth-order valence-electron chi connectivity index (χ4n) is 3.36. The van der Waals surface area contributed by atoms with Crippen LogP contribution in [0.1, 0.15) is 31.1 Å². The molecular formula is C23H25NO6. The summed E-state index contributed by atoms with van der Waals surface area (Å²) in [5.41, 5.74) is 2.18. The van der Waals surface area contributed by atoms with Crippen LogP contribution in [-0.4, -0.2) is 54.7 Å². The molecule has 158 valence electrons. The third-order valence-corrected chi connectivity index (χ3v) is 4.67. The summed E-state index contributed by atoms with van der Waals surface area (Å²) in [5.74, 6) is -0.675. The van der Waals surface area contributed by atoms with Crippen LogP contribution in [0.4, 0.5) is 0 Å². The summed E-state index contributed by atoms with van der Waals surface area (Å²) in [5, 5.41) is 0. The minimum atomic E-state index is -0.547. The van der Waals surface area contributed by atoms with Crippen LogP contribution in [-0.2, 0) is 19.1 Å². The first kappa shape index (κ1) is 21.5. The van der Waals surface area contributed by atoms with Gasteiger partial charge in [-0.25, -0.2) is 4.79 Å². The molecule has 0 radical (unpaired) electrons. The van der Waals surface area contributed by atoms with Crippen LogP contribution in [0.25, 0.3) is 11.1 Å². The summed E-state index contributed by atoms with van der Waals surface area (Å²) in [7, 11) is 0. The summed E-state index contributed by atoms with van der Waals surface area (Å²) in [6.07, 6.45) is -0.0759. The SMILES string of the molecule is CC(=O)Oc1ccc(-c2ccc(C(=O)OCC(=O)N3C[C@@H](C)O[C@@H](C)C3)cc2)cc1. The molecule has 2 aromatic rings. The lowest BCUT2D eigenvalue weighted by Gasteiger charge is -2.35. The highest BCUT2D eigenvalue weighted by molar-refractivity contribution is 5.92. The first-order valence-corrected chi connectivity index (χ1v) is 9.81. The number of hydrogen-bond acceptors (Lipinski definition) is 6. The molecule has 2 atom stereocenters. The van der Waals surface area contributed by atoms with Crippen LogP contribution in [0.5, 0.6) is 5.75 Å². The van der Waals surface area contributed by atoms with Gasteiger partial charge in [-0.3, -0.25) is 9.59 Å². The minimum absolute atomic E-state index is 0.0379. The van der Waals surface area contributed by atoms with Gasteiger partial charge in [0.15, 0.2) is 6.61 Å². The maximum atomic E-state index is 12.3. The molecule has 1 fully saturated rings. The third-order valence-electron chi connectivity index (χ3n) is 4.67. The van der Waals surface area contributed by atoms with Gasteiger partial charge in [0, 0.05) is 20.0 Å². The molecule has 1 amide bonds. The first-order valence-electron chi connectivity index (χ1n) is 9.81. The second-order valence-electron chi connectivity index (χ2n) is 7.33. The number of benzene rings is 2. The van der Waals surface area contributed by atoms with Crippen LogP contribution < -0.4 is 4.74 Å². The zero-order valence-corrected chi connectivity index (χ0v) is 17.3. The van der Waals surface area contributed by atoms with Crippen LogP contribution in [0.2, 0.25) is 0 Å². The molecule has 7 heteroatoms. The van der Waals surface area contributed by atoms with Gasteiger partial charge in [0.25, 0.3) is 5.91 Å². The summed E-state index contributed by atoms with van der Waals surface area (Å²) >= 11 is 0. The molecule has 2 aromatic carbocycles. The van der Waals surface area contributed by atoms with Gasteiger partial charge in [-0.2, -0.15) is 0 Å². The molecule has 1 aliphatic rings. The Bertz CT molecular complexity index is 896. The number of carbonyl (C=O) groups is 3. The average Bonchev–Trinajstić information content (AvgIpc) is 2.71. The van der Waals surface area contributed by atoms with Crippen molar-refractivity contribution in [1.82, 2.24) is 4.90 Å². The lowest BCUT2D eigenvalue weighted by atomic mass is 10.0. The van der Waals surface area contributed by atoms with Crippen molar-refractivity contribution < 1.29 is 28.6 Å². The Morgan fingerprint density at radius 3 is 2.00 bits per heavy atom. The van der Waals surface area contributed by atoms with E-state index in [1.165, 1.54) is 6.92 Å². The summed E-state index contributed by atoms with van der Waals surface area (Å²) in [6, 6.07) is 14.0. The third kappa shape index (κ3) is 5.67. The van der Waals surface area contributed by atoms with Gasteiger partial charge in [-0.05, 0) is 49.2 Å². The lowest BCUT2D eigenvalue weighted by molar-refractivity contribution is -0.146. The molecule has 0 unspecified atom stereocenters. The number of carbonyl (C=O) groups excluding carboxylic acids is 3. The van der Waals surface area contributed by atoms with Crippen molar-refractivity contribution in [3.05, 3.63) is 54.1 Å². The predicted molar refractivity (Wildman–Crippen MR) is 110 cm³/mol. The van der Waals surface area contributed by atoms with E-state index in [0.717, 1.165) is 11.1 Å². The fraction of sp³-hybridized carbons (Fsp3) is 0.348. The van der Waals surface area contributed by atoms with E-state index < -0.39 is 5.97 Å². The Morgan fingerprint density at radius 2 is 1.47 bits per heavy atom. The van der Waals surface area contributed by atoms with Crippen molar-refractivity contribution in [2.75, 3.05) is 19.7 Å². The number of ether oxygens (including phenoxy) is 3.